The van der Waals surface area contributed by atoms with Gasteiger partial charge < -0.3 is 15.3 Å². The predicted octanol–water partition coefficient (Wildman–Crippen LogP) is 3.96. The Hall–Kier alpha value is -0.380. The number of unbranched alkanes of at least 4 members (excludes halogenated alkanes) is 8. The summed E-state index contributed by atoms with van der Waals surface area (Å²) < 4.78 is 0. The zero-order valence-electron chi connectivity index (χ0n) is 13.8. The smallest absolute Gasteiger partial charge is 0.0721 e. The van der Waals surface area contributed by atoms with Crippen molar-refractivity contribution in [3.8, 4) is 0 Å². The van der Waals surface area contributed by atoms with Gasteiger partial charge in [-0.25, -0.2) is 0 Å². The summed E-state index contributed by atoms with van der Waals surface area (Å²) in [7, 11) is 0. The van der Waals surface area contributed by atoms with Crippen LogP contribution in [0.5, 0.6) is 0 Å². The van der Waals surface area contributed by atoms with Crippen LogP contribution in [0, 0.1) is 0 Å². The highest BCUT2D eigenvalue weighted by Gasteiger charge is 2.02. The van der Waals surface area contributed by atoms with Crippen molar-refractivity contribution < 1.29 is 15.3 Å². The molecule has 126 valence electrons. The zero-order chi connectivity index (χ0) is 15.8. The lowest BCUT2D eigenvalue weighted by molar-refractivity contribution is 0.191. The Kier molecular flexibility index (Phi) is 15.7. The third-order valence-electron chi connectivity index (χ3n) is 3.82. The molecule has 0 fully saturated rings. The van der Waals surface area contributed by atoms with Crippen LogP contribution >= 0.6 is 0 Å². The van der Waals surface area contributed by atoms with Gasteiger partial charge >= 0.3 is 0 Å². The Morgan fingerprint density at radius 1 is 0.667 bits per heavy atom. The first-order valence-electron chi connectivity index (χ1n) is 8.86. The second kappa shape index (κ2) is 16.0. The maximum absolute atomic E-state index is 9.82. The van der Waals surface area contributed by atoms with E-state index >= 15 is 0 Å². The highest BCUT2D eigenvalue weighted by Crippen LogP contribution is 2.10. The molecular weight excluding hydrogens is 264 g/mol. The SMILES string of the molecule is CCCCCCCCC(O)/C=C/C(O)CCCCCCO. The molecule has 3 nitrogen and oxygen atoms in total. The molecule has 2 atom stereocenters. The van der Waals surface area contributed by atoms with Crippen LogP contribution in [-0.4, -0.2) is 34.1 Å². The summed E-state index contributed by atoms with van der Waals surface area (Å²) in [6.45, 7) is 2.47. The molecule has 0 radical (unpaired) electrons. The van der Waals surface area contributed by atoms with E-state index in [1.165, 1.54) is 32.1 Å². The number of rotatable bonds is 15. The van der Waals surface area contributed by atoms with E-state index in [1.807, 2.05) is 0 Å². The van der Waals surface area contributed by atoms with Crippen molar-refractivity contribution in [2.24, 2.45) is 0 Å². The van der Waals surface area contributed by atoms with Gasteiger partial charge in [-0.2, -0.15) is 0 Å². The Morgan fingerprint density at radius 3 is 1.57 bits per heavy atom. The summed E-state index contributed by atoms with van der Waals surface area (Å²) in [6, 6.07) is 0. The third-order valence-corrected chi connectivity index (χ3v) is 3.82. The van der Waals surface area contributed by atoms with Gasteiger partial charge in [-0.1, -0.05) is 76.9 Å². The van der Waals surface area contributed by atoms with Crippen LogP contribution in [0.2, 0.25) is 0 Å². The van der Waals surface area contributed by atoms with Gasteiger partial charge in [-0.3, -0.25) is 0 Å². The molecule has 0 aromatic heterocycles. The van der Waals surface area contributed by atoms with Gasteiger partial charge in [0.2, 0.25) is 0 Å². The number of hydrogen-bond acceptors (Lipinski definition) is 3. The Morgan fingerprint density at radius 2 is 1.10 bits per heavy atom. The average molecular weight is 300 g/mol. The standard InChI is InChI=1S/C18H36O3/c1-2-3-4-5-6-9-12-17(20)14-15-18(21)13-10-7-8-11-16-19/h14-15,17-21H,2-13,16H2,1H3/b15-14+. The van der Waals surface area contributed by atoms with Gasteiger partial charge in [0.25, 0.3) is 0 Å². The van der Waals surface area contributed by atoms with E-state index < -0.39 is 12.2 Å². The first-order valence-corrected chi connectivity index (χ1v) is 8.86. The van der Waals surface area contributed by atoms with Crippen molar-refractivity contribution in [3.63, 3.8) is 0 Å². The van der Waals surface area contributed by atoms with Crippen molar-refractivity contribution in [1.29, 1.82) is 0 Å². The third kappa shape index (κ3) is 15.8. The number of hydrogen-bond donors (Lipinski definition) is 3. The molecule has 0 amide bonds. The van der Waals surface area contributed by atoms with E-state index in [-0.39, 0.29) is 6.61 Å². The van der Waals surface area contributed by atoms with E-state index in [9.17, 15) is 10.2 Å². The summed E-state index contributed by atoms with van der Waals surface area (Å²) in [6.07, 6.45) is 15.4. The molecule has 0 aliphatic carbocycles. The molecule has 0 rings (SSSR count). The fraction of sp³-hybridized carbons (Fsp3) is 0.889. The highest BCUT2D eigenvalue weighted by atomic mass is 16.3. The monoisotopic (exact) mass is 300 g/mol. The molecule has 0 bridgehead atoms. The lowest BCUT2D eigenvalue weighted by Gasteiger charge is -2.08. The van der Waals surface area contributed by atoms with Crippen molar-refractivity contribution >= 4 is 0 Å². The maximum Gasteiger partial charge on any atom is 0.0721 e. The molecule has 0 spiro atoms. The summed E-state index contributed by atoms with van der Waals surface area (Å²) >= 11 is 0. The van der Waals surface area contributed by atoms with Crippen LogP contribution < -0.4 is 0 Å². The number of aliphatic hydroxyl groups is 3. The van der Waals surface area contributed by atoms with Gasteiger partial charge in [0.1, 0.15) is 0 Å². The Bertz CT molecular complexity index is 229. The average Bonchev–Trinajstić information content (AvgIpc) is 2.48. The van der Waals surface area contributed by atoms with Crippen LogP contribution in [0.4, 0.5) is 0 Å². The van der Waals surface area contributed by atoms with Crippen LogP contribution in [0.3, 0.4) is 0 Å². The lowest BCUT2D eigenvalue weighted by atomic mass is 10.1. The van der Waals surface area contributed by atoms with Crippen molar-refractivity contribution in [2.75, 3.05) is 6.61 Å². The van der Waals surface area contributed by atoms with Gasteiger partial charge in [0.15, 0.2) is 0 Å². The molecule has 0 saturated carbocycles. The van der Waals surface area contributed by atoms with Gasteiger partial charge in [0.05, 0.1) is 12.2 Å². The molecule has 3 heteroatoms. The second-order valence-corrected chi connectivity index (χ2v) is 6.00. The fourth-order valence-corrected chi connectivity index (χ4v) is 2.40. The molecule has 0 aliphatic rings. The minimum atomic E-state index is -0.446. The second-order valence-electron chi connectivity index (χ2n) is 6.00. The Balaban J connectivity index is 3.47. The molecule has 0 aliphatic heterocycles. The quantitative estimate of drug-likeness (QED) is 0.317. The first kappa shape index (κ1) is 20.6. The molecule has 0 aromatic rings. The van der Waals surface area contributed by atoms with E-state index in [0.717, 1.165) is 44.9 Å². The molecule has 0 heterocycles. The molecule has 3 N–H and O–H groups in total. The largest absolute Gasteiger partial charge is 0.396 e. The normalized spacial score (nSPS) is 14.7. The maximum atomic E-state index is 9.82. The Labute approximate surface area is 131 Å². The van der Waals surface area contributed by atoms with Crippen LogP contribution in [0.25, 0.3) is 0 Å². The zero-order valence-corrected chi connectivity index (χ0v) is 13.8. The molecule has 2 unspecified atom stereocenters. The molecular formula is C18H36O3. The first-order chi connectivity index (χ1) is 10.2. The summed E-state index contributed by atoms with van der Waals surface area (Å²) in [5.74, 6) is 0. The molecule has 21 heavy (non-hydrogen) atoms. The van der Waals surface area contributed by atoms with E-state index in [2.05, 4.69) is 6.92 Å². The van der Waals surface area contributed by atoms with E-state index in [0.29, 0.717) is 0 Å². The van der Waals surface area contributed by atoms with Gasteiger partial charge in [-0.15, -0.1) is 0 Å². The predicted molar refractivity (Wildman–Crippen MR) is 89.3 cm³/mol. The van der Waals surface area contributed by atoms with Crippen LogP contribution in [0.15, 0.2) is 12.2 Å². The lowest BCUT2D eigenvalue weighted by Crippen LogP contribution is -2.06. The highest BCUT2D eigenvalue weighted by molar-refractivity contribution is 4.93. The van der Waals surface area contributed by atoms with Crippen LogP contribution in [0.1, 0.15) is 84.0 Å². The van der Waals surface area contributed by atoms with Crippen LogP contribution in [-0.2, 0) is 0 Å². The van der Waals surface area contributed by atoms with Crippen molar-refractivity contribution in [3.05, 3.63) is 12.2 Å². The summed E-state index contributed by atoms with van der Waals surface area (Å²) in [5.41, 5.74) is 0. The fourth-order valence-electron chi connectivity index (χ4n) is 2.40. The molecule has 0 saturated heterocycles. The number of aliphatic hydroxyl groups excluding tert-OH is 3. The van der Waals surface area contributed by atoms with Crippen molar-refractivity contribution in [2.45, 2.75) is 96.2 Å². The van der Waals surface area contributed by atoms with Gasteiger partial charge in [-0.05, 0) is 19.3 Å². The summed E-state index contributed by atoms with van der Waals surface area (Å²) in [4.78, 5) is 0. The van der Waals surface area contributed by atoms with E-state index in [1.54, 1.807) is 12.2 Å². The minimum Gasteiger partial charge on any atom is -0.396 e. The minimum absolute atomic E-state index is 0.257. The molecule has 0 aromatic carbocycles. The topological polar surface area (TPSA) is 60.7 Å². The summed E-state index contributed by atoms with van der Waals surface area (Å²) in [5, 5.41) is 28.3. The van der Waals surface area contributed by atoms with Crippen molar-refractivity contribution in [1.82, 2.24) is 0 Å². The van der Waals surface area contributed by atoms with Gasteiger partial charge in [0, 0.05) is 6.61 Å². The van der Waals surface area contributed by atoms with E-state index in [4.69, 9.17) is 5.11 Å².